The fraction of sp³-hybridized carbons (Fsp3) is 0.786. The van der Waals surface area contributed by atoms with E-state index in [1.165, 1.54) is 38.5 Å². The average Bonchev–Trinajstić information content (AvgIpc) is 2.57. The zero-order valence-electron chi connectivity index (χ0n) is 10.5. The van der Waals surface area contributed by atoms with Crippen LogP contribution in [0, 0.1) is 17.8 Å². The third kappa shape index (κ3) is 1.90. The van der Waals surface area contributed by atoms with Gasteiger partial charge >= 0.3 is 0 Å². The van der Waals surface area contributed by atoms with Crippen LogP contribution in [-0.2, 0) is 7.05 Å². The molecule has 0 saturated heterocycles. The van der Waals surface area contributed by atoms with E-state index in [0.29, 0.717) is 5.92 Å². The van der Waals surface area contributed by atoms with Crippen molar-refractivity contribution in [1.29, 1.82) is 0 Å². The van der Waals surface area contributed by atoms with Crippen molar-refractivity contribution in [3.05, 3.63) is 18.0 Å². The lowest BCUT2D eigenvalue weighted by atomic mass is 9.62. The smallest absolute Gasteiger partial charge is 0.0989 e. The van der Waals surface area contributed by atoms with Gasteiger partial charge in [0.1, 0.15) is 0 Å². The minimum Gasteiger partial charge on any atom is -0.387 e. The average molecular weight is 234 g/mol. The molecule has 0 aliphatic heterocycles. The Balaban J connectivity index is 1.79. The summed E-state index contributed by atoms with van der Waals surface area (Å²) in [5.74, 6) is 1.99. The first-order chi connectivity index (χ1) is 8.27. The molecule has 0 amide bonds. The summed E-state index contributed by atoms with van der Waals surface area (Å²) in [6.45, 7) is 0. The Labute approximate surface area is 103 Å². The van der Waals surface area contributed by atoms with Gasteiger partial charge in [0.05, 0.1) is 11.8 Å². The number of aromatic nitrogens is 2. The summed E-state index contributed by atoms with van der Waals surface area (Å²) in [4.78, 5) is 0. The summed E-state index contributed by atoms with van der Waals surface area (Å²) in [6, 6.07) is 1.97. The molecule has 3 nitrogen and oxygen atoms in total. The summed E-state index contributed by atoms with van der Waals surface area (Å²) in [6.07, 6.45) is 9.45. The van der Waals surface area contributed by atoms with Gasteiger partial charge in [-0.25, -0.2) is 0 Å². The first-order valence-electron chi connectivity index (χ1n) is 6.93. The molecule has 1 N–H and O–H groups in total. The van der Waals surface area contributed by atoms with Crippen LogP contribution in [0.15, 0.2) is 12.3 Å². The van der Waals surface area contributed by atoms with Crippen molar-refractivity contribution in [3.63, 3.8) is 0 Å². The summed E-state index contributed by atoms with van der Waals surface area (Å²) in [7, 11) is 1.93. The molecular formula is C14H22N2O. The molecule has 1 heterocycles. The molecule has 3 rings (SSSR count). The Morgan fingerprint density at radius 2 is 1.82 bits per heavy atom. The molecule has 1 aromatic rings. The molecule has 0 spiro atoms. The maximum atomic E-state index is 10.7. The van der Waals surface area contributed by atoms with Crippen LogP contribution in [0.5, 0.6) is 0 Å². The van der Waals surface area contributed by atoms with Crippen LogP contribution in [0.1, 0.15) is 50.3 Å². The Kier molecular flexibility index (Phi) is 2.95. The first-order valence-corrected chi connectivity index (χ1v) is 6.93. The van der Waals surface area contributed by atoms with Crippen molar-refractivity contribution in [2.75, 3.05) is 0 Å². The molecule has 94 valence electrons. The van der Waals surface area contributed by atoms with Crippen molar-refractivity contribution >= 4 is 0 Å². The monoisotopic (exact) mass is 234 g/mol. The summed E-state index contributed by atoms with van der Waals surface area (Å²) < 4.78 is 1.83. The minimum atomic E-state index is -0.307. The van der Waals surface area contributed by atoms with Crippen molar-refractivity contribution < 1.29 is 5.11 Å². The Hall–Kier alpha value is -0.830. The highest BCUT2D eigenvalue weighted by Crippen LogP contribution is 2.49. The van der Waals surface area contributed by atoms with E-state index in [0.717, 1.165) is 17.5 Å². The van der Waals surface area contributed by atoms with Crippen LogP contribution in [0.25, 0.3) is 0 Å². The molecule has 2 saturated carbocycles. The Morgan fingerprint density at radius 3 is 2.18 bits per heavy atom. The van der Waals surface area contributed by atoms with Gasteiger partial charge in [-0.3, -0.25) is 4.68 Å². The lowest BCUT2D eigenvalue weighted by Gasteiger charge is -2.44. The molecule has 2 aliphatic carbocycles. The maximum absolute atomic E-state index is 10.7. The second-order valence-corrected chi connectivity index (χ2v) is 5.78. The van der Waals surface area contributed by atoms with E-state index < -0.39 is 0 Å². The zero-order chi connectivity index (χ0) is 11.8. The number of aliphatic hydroxyl groups is 1. The van der Waals surface area contributed by atoms with Gasteiger partial charge in [0.2, 0.25) is 0 Å². The number of aliphatic hydroxyl groups excluding tert-OH is 1. The highest BCUT2D eigenvalue weighted by atomic mass is 16.3. The van der Waals surface area contributed by atoms with E-state index in [4.69, 9.17) is 0 Å². The van der Waals surface area contributed by atoms with Crippen molar-refractivity contribution in [2.45, 2.75) is 44.6 Å². The number of aryl methyl sites for hydroxylation is 1. The predicted octanol–water partition coefficient (Wildman–Crippen LogP) is 2.67. The van der Waals surface area contributed by atoms with Crippen molar-refractivity contribution in [2.24, 2.45) is 24.8 Å². The molecule has 2 aliphatic rings. The summed E-state index contributed by atoms with van der Waals surface area (Å²) in [5, 5.41) is 14.8. The minimum absolute atomic E-state index is 0.307. The third-order valence-electron chi connectivity index (χ3n) is 4.91. The third-order valence-corrected chi connectivity index (χ3v) is 4.91. The lowest BCUT2D eigenvalue weighted by molar-refractivity contribution is -0.0229. The van der Waals surface area contributed by atoms with Crippen LogP contribution >= 0.6 is 0 Å². The zero-order valence-corrected chi connectivity index (χ0v) is 10.5. The molecule has 3 heteroatoms. The van der Waals surface area contributed by atoms with E-state index in [1.807, 2.05) is 17.8 Å². The lowest BCUT2D eigenvalue weighted by Crippen LogP contribution is -2.37. The predicted molar refractivity (Wildman–Crippen MR) is 66.3 cm³/mol. The van der Waals surface area contributed by atoms with E-state index >= 15 is 0 Å². The number of rotatable bonds is 4. The van der Waals surface area contributed by atoms with E-state index in [-0.39, 0.29) is 6.10 Å². The highest BCUT2D eigenvalue weighted by Gasteiger charge is 2.41. The number of hydrogen-bond donors (Lipinski definition) is 1. The van der Waals surface area contributed by atoms with Gasteiger partial charge < -0.3 is 5.11 Å². The van der Waals surface area contributed by atoms with Crippen LogP contribution in [-0.4, -0.2) is 14.9 Å². The van der Waals surface area contributed by atoms with Crippen molar-refractivity contribution in [1.82, 2.24) is 9.78 Å². The molecule has 1 aromatic heterocycles. The summed E-state index contributed by atoms with van der Waals surface area (Å²) >= 11 is 0. The van der Waals surface area contributed by atoms with Gasteiger partial charge in [-0.05, 0) is 23.8 Å². The van der Waals surface area contributed by atoms with Crippen LogP contribution in [0.3, 0.4) is 0 Å². The largest absolute Gasteiger partial charge is 0.387 e. The number of hydrogen-bond acceptors (Lipinski definition) is 2. The molecular weight excluding hydrogens is 212 g/mol. The molecule has 1 unspecified atom stereocenters. The fourth-order valence-electron chi connectivity index (χ4n) is 3.42. The normalized spacial score (nSPS) is 23.5. The first kappa shape index (κ1) is 11.3. The topological polar surface area (TPSA) is 38.0 Å². The molecule has 17 heavy (non-hydrogen) atoms. The molecule has 0 aromatic carbocycles. The highest BCUT2D eigenvalue weighted by molar-refractivity contribution is 5.08. The van der Waals surface area contributed by atoms with Gasteiger partial charge in [-0.15, -0.1) is 0 Å². The van der Waals surface area contributed by atoms with E-state index in [1.54, 1.807) is 6.20 Å². The number of nitrogens with zero attached hydrogens (tertiary/aromatic N) is 2. The van der Waals surface area contributed by atoms with Crippen molar-refractivity contribution in [3.8, 4) is 0 Å². The Morgan fingerprint density at radius 1 is 1.24 bits per heavy atom. The molecule has 1 atom stereocenters. The second-order valence-electron chi connectivity index (χ2n) is 5.78. The standard InChI is InChI=1S/C14H22N2O/c1-16-12(8-9-15-16)14(17)13(10-4-2-5-10)11-6-3-7-11/h8-11,13-14,17H,2-7H2,1H3. The van der Waals surface area contributed by atoms with Gasteiger partial charge in [0.25, 0.3) is 0 Å². The van der Waals surface area contributed by atoms with Crippen LogP contribution < -0.4 is 0 Å². The van der Waals surface area contributed by atoms with Gasteiger partial charge in [0.15, 0.2) is 0 Å². The van der Waals surface area contributed by atoms with Crippen LogP contribution in [0.2, 0.25) is 0 Å². The molecule has 0 bridgehead atoms. The Bertz CT molecular complexity index is 365. The van der Waals surface area contributed by atoms with Crippen LogP contribution in [0.4, 0.5) is 0 Å². The van der Waals surface area contributed by atoms with Gasteiger partial charge in [0, 0.05) is 13.2 Å². The molecule has 0 radical (unpaired) electrons. The van der Waals surface area contributed by atoms with E-state index in [2.05, 4.69) is 5.10 Å². The van der Waals surface area contributed by atoms with E-state index in [9.17, 15) is 5.11 Å². The second kappa shape index (κ2) is 4.45. The fourth-order valence-corrected chi connectivity index (χ4v) is 3.42. The maximum Gasteiger partial charge on any atom is 0.0989 e. The quantitative estimate of drug-likeness (QED) is 0.869. The van der Waals surface area contributed by atoms with Gasteiger partial charge in [-0.2, -0.15) is 5.10 Å². The van der Waals surface area contributed by atoms with Gasteiger partial charge in [-0.1, -0.05) is 38.5 Å². The molecule has 2 fully saturated rings. The SMILES string of the molecule is Cn1nccc1C(O)C(C1CCC1)C1CCC1. The summed E-state index contributed by atoms with van der Waals surface area (Å²) in [5.41, 5.74) is 0.994.